The molecule has 0 spiro atoms. The number of aryl methyl sites for hydroxylation is 1. The molecule has 0 radical (unpaired) electrons. The van der Waals surface area contributed by atoms with Crippen LogP contribution in [-0.4, -0.2) is 49.1 Å². The molecule has 2 aliphatic carbocycles. The normalized spacial score (nSPS) is 17.4. The maximum absolute atomic E-state index is 14.8. The van der Waals surface area contributed by atoms with Crippen molar-refractivity contribution in [2.45, 2.75) is 61.7 Å². The number of phenolic OH excluding ortho intramolecular Hbond substituents is 1. The van der Waals surface area contributed by atoms with Crippen molar-refractivity contribution in [3.63, 3.8) is 0 Å². The van der Waals surface area contributed by atoms with E-state index in [1.54, 1.807) is 6.92 Å². The Morgan fingerprint density at radius 3 is 2.32 bits per heavy atom. The summed E-state index contributed by atoms with van der Waals surface area (Å²) in [5.74, 6) is -3.71. The lowest BCUT2D eigenvalue weighted by molar-refractivity contribution is -0.139. The number of aromatic nitrogens is 3. The van der Waals surface area contributed by atoms with Crippen molar-refractivity contribution in [2.24, 2.45) is 11.8 Å². The molecule has 2 aliphatic rings. The molecule has 2 fully saturated rings. The van der Waals surface area contributed by atoms with Gasteiger partial charge >= 0.3 is 5.97 Å². The first-order chi connectivity index (χ1) is 15.8. The summed E-state index contributed by atoms with van der Waals surface area (Å²) in [5.41, 5.74) is -0.220. The van der Waals surface area contributed by atoms with Gasteiger partial charge in [-0.3, -0.25) is 4.79 Å². The van der Waals surface area contributed by atoms with Crippen LogP contribution in [-0.2, 0) is 20.2 Å². The van der Waals surface area contributed by atoms with Crippen LogP contribution in [0.1, 0.15) is 50.2 Å². The lowest BCUT2D eigenvalue weighted by Gasteiger charge is -2.25. The van der Waals surface area contributed by atoms with E-state index in [4.69, 9.17) is 0 Å². The molecule has 0 saturated heterocycles. The molecule has 0 bridgehead atoms. The molecule has 5 rings (SSSR count). The van der Waals surface area contributed by atoms with E-state index >= 15 is 0 Å². The van der Waals surface area contributed by atoms with Gasteiger partial charge in [0.2, 0.25) is 4.96 Å². The van der Waals surface area contributed by atoms with Gasteiger partial charge in [0.1, 0.15) is 15.5 Å². The molecule has 3 N–H and O–H groups in total. The van der Waals surface area contributed by atoms with E-state index in [1.807, 2.05) is 0 Å². The Balaban J connectivity index is 1.68. The molecular formula is C22H24FN3O6S2. The van der Waals surface area contributed by atoms with Gasteiger partial charge in [-0.05, 0) is 70.4 Å². The SMILES string of the molecule is Cc1nc2sc(C(O)(C3CC3)C3CC3)nn2c1-c1cc(F)c(O)c(S(=O)(=O)C(C)(C)C(=O)O)c1. The maximum Gasteiger partial charge on any atom is 0.324 e. The summed E-state index contributed by atoms with van der Waals surface area (Å²) >= 11 is 1.25. The van der Waals surface area contributed by atoms with Crippen LogP contribution in [0.4, 0.5) is 4.39 Å². The third kappa shape index (κ3) is 3.18. The first kappa shape index (κ1) is 23.2. The zero-order valence-electron chi connectivity index (χ0n) is 18.7. The van der Waals surface area contributed by atoms with Crippen molar-refractivity contribution in [3.05, 3.63) is 28.7 Å². The number of benzene rings is 1. The first-order valence-electron chi connectivity index (χ1n) is 10.9. The standard InChI is InChI=1S/C22H24FN3O6S2/c1-10-16(11-8-14(23)17(27)15(9-11)34(31,32)21(2,3)19(28)29)26-20(24-10)33-18(25-26)22(30,12-4-5-12)13-6-7-13/h8-9,12-13,27,30H,4-7H2,1-3H3,(H,28,29). The van der Waals surface area contributed by atoms with Crippen LogP contribution in [0.25, 0.3) is 16.2 Å². The van der Waals surface area contributed by atoms with E-state index in [1.165, 1.54) is 15.9 Å². The van der Waals surface area contributed by atoms with Crippen LogP contribution < -0.4 is 0 Å². The van der Waals surface area contributed by atoms with Gasteiger partial charge in [-0.15, -0.1) is 0 Å². The monoisotopic (exact) mass is 509 g/mol. The Bertz CT molecular complexity index is 1440. The van der Waals surface area contributed by atoms with Gasteiger partial charge in [0.25, 0.3) is 0 Å². The van der Waals surface area contributed by atoms with E-state index < -0.39 is 42.6 Å². The van der Waals surface area contributed by atoms with Gasteiger partial charge in [0, 0.05) is 5.56 Å². The minimum absolute atomic E-state index is 0.0679. The Morgan fingerprint density at radius 2 is 1.79 bits per heavy atom. The third-order valence-corrected chi connectivity index (χ3v) is 10.4. The van der Waals surface area contributed by atoms with Gasteiger partial charge < -0.3 is 15.3 Å². The fourth-order valence-electron chi connectivity index (χ4n) is 4.38. The van der Waals surface area contributed by atoms with E-state index in [9.17, 15) is 32.9 Å². The summed E-state index contributed by atoms with van der Waals surface area (Å²) in [5, 5.41) is 36.2. The number of carbonyl (C=O) groups is 1. The fourth-order valence-corrected chi connectivity index (χ4v) is 6.98. The number of sulfone groups is 1. The molecule has 12 heteroatoms. The van der Waals surface area contributed by atoms with Crippen LogP contribution in [0.5, 0.6) is 5.75 Å². The molecule has 182 valence electrons. The number of aliphatic hydroxyl groups is 1. The number of aliphatic carboxylic acids is 1. The minimum Gasteiger partial charge on any atom is -0.504 e. The van der Waals surface area contributed by atoms with Crippen molar-refractivity contribution in [1.29, 1.82) is 0 Å². The molecule has 9 nitrogen and oxygen atoms in total. The average Bonchev–Trinajstić information content (AvgIpc) is 3.66. The molecule has 0 atom stereocenters. The lowest BCUT2D eigenvalue weighted by atomic mass is 9.93. The molecule has 1 aromatic carbocycles. The number of rotatable bonds is 7. The highest BCUT2D eigenvalue weighted by Gasteiger charge is 2.56. The van der Waals surface area contributed by atoms with Crippen LogP contribution in [0, 0.1) is 24.6 Å². The highest BCUT2D eigenvalue weighted by Crippen LogP contribution is 2.58. The van der Waals surface area contributed by atoms with Gasteiger partial charge in [-0.25, -0.2) is 22.3 Å². The number of halogens is 1. The highest BCUT2D eigenvalue weighted by molar-refractivity contribution is 7.93. The third-order valence-electron chi connectivity index (χ3n) is 6.90. The molecular weight excluding hydrogens is 485 g/mol. The van der Waals surface area contributed by atoms with Gasteiger partial charge in [-0.1, -0.05) is 11.3 Å². The number of phenols is 1. The van der Waals surface area contributed by atoms with Gasteiger partial charge in [0.15, 0.2) is 26.2 Å². The molecule has 2 saturated carbocycles. The number of carboxylic acids is 1. The Hall–Kier alpha value is -2.57. The highest BCUT2D eigenvalue weighted by atomic mass is 32.2. The molecule has 0 amide bonds. The smallest absolute Gasteiger partial charge is 0.324 e. The molecule has 2 aromatic heterocycles. The van der Waals surface area contributed by atoms with Gasteiger partial charge in [-0.2, -0.15) is 5.10 Å². The molecule has 2 heterocycles. The lowest BCUT2D eigenvalue weighted by Crippen LogP contribution is -2.40. The van der Waals surface area contributed by atoms with E-state index in [-0.39, 0.29) is 17.4 Å². The largest absolute Gasteiger partial charge is 0.504 e. The van der Waals surface area contributed by atoms with Crippen molar-refractivity contribution in [3.8, 4) is 17.0 Å². The van der Waals surface area contributed by atoms with E-state index in [0.29, 0.717) is 21.4 Å². The maximum atomic E-state index is 14.8. The quantitative estimate of drug-likeness (QED) is 0.441. The Morgan fingerprint density at radius 1 is 1.21 bits per heavy atom. The molecule has 3 aromatic rings. The molecule has 0 unspecified atom stereocenters. The zero-order valence-corrected chi connectivity index (χ0v) is 20.4. The van der Waals surface area contributed by atoms with E-state index in [2.05, 4.69) is 10.1 Å². The predicted molar refractivity (Wildman–Crippen MR) is 121 cm³/mol. The predicted octanol–water partition coefficient (Wildman–Crippen LogP) is 3.26. The van der Waals surface area contributed by atoms with Crippen LogP contribution in [0.15, 0.2) is 17.0 Å². The second kappa shape index (κ2) is 7.22. The van der Waals surface area contributed by atoms with Crippen LogP contribution >= 0.6 is 11.3 Å². The average molecular weight is 510 g/mol. The van der Waals surface area contributed by atoms with Gasteiger partial charge in [0.05, 0.1) is 11.4 Å². The summed E-state index contributed by atoms with van der Waals surface area (Å²) in [6, 6.07) is 2.01. The van der Waals surface area contributed by atoms with Crippen molar-refractivity contribution >= 4 is 32.1 Å². The number of imidazole rings is 1. The number of hydrogen-bond donors (Lipinski definition) is 3. The first-order valence-corrected chi connectivity index (χ1v) is 13.2. The number of carboxylic acid groups (broad SMARTS) is 1. The minimum atomic E-state index is -4.67. The van der Waals surface area contributed by atoms with Crippen molar-refractivity contribution in [1.82, 2.24) is 14.6 Å². The Labute approximate surface area is 198 Å². The summed E-state index contributed by atoms with van der Waals surface area (Å²) < 4.78 is 40.0. The number of fused-ring (bicyclic) bond motifs is 1. The summed E-state index contributed by atoms with van der Waals surface area (Å²) in [4.78, 5) is 15.7. The number of aromatic hydroxyl groups is 1. The summed E-state index contributed by atoms with van der Waals surface area (Å²) in [6.45, 7) is 3.60. The topological polar surface area (TPSA) is 142 Å². The summed E-state index contributed by atoms with van der Waals surface area (Å²) in [6.07, 6.45) is 3.68. The van der Waals surface area contributed by atoms with Crippen molar-refractivity contribution < 1.29 is 32.9 Å². The second-order valence-electron chi connectivity index (χ2n) is 9.65. The van der Waals surface area contributed by atoms with Crippen LogP contribution in [0.2, 0.25) is 0 Å². The van der Waals surface area contributed by atoms with Crippen LogP contribution in [0.3, 0.4) is 0 Å². The number of nitrogens with zero attached hydrogens (tertiary/aromatic N) is 3. The van der Waals surface area contributed by atoms with Crippen molar-refractivity contribution in [2.75, 3.05) is 0 Å². The second-order valence-corrected chi connectivity index (χ2v) is 13.1. The summed E-state index contributed by atoms with van der Waals surface area (Å²) in [7, 11) is -4.67. The zero-order chi connectivity index (χ0) is 24.8. The fraction of sp³-hybridized carbons (Fsp3) is 0.500. The Kier molecular flexibility index (Phi) is 4.92. The number of hydrogen-bond acceptors (Lipinski definition) is 8. The molecule has 0 aliphatic heterocycles. The van der Waals surface area contributed by atoms with E-state index in [0.717, 1.165) is 51.7 Å². The molecule has 34 heavy (non-hydrogen) atoms.